The summed E-state index contributed by atoms with van der Waals surface area (Å²) in [6, 6.07) is 7.75. The van der Waals surface area contributed by atoms with E-state index in [2.05, 4.69) is 12.1 Å². The van der Waals surface area contributed by atoms with Gasteiger partial charge in [0.15, 0.2) is 0 Å². The molecule has 2 aromatic carbocycles. The molecule has 2 aromatic rings. The van der Waals surface area contributed by atoms with Gasteiger partial charge in [-0.1, -0.05) is 69.9 Å². The van der Waals surface area contributed by atoms with Gasteiger partial charge in [-0.15, -0.1) is 0 Å². The molecule has 0 aliphatic heterocycles. The van der Waals surface area contributed by atoms with E-state index in [-0.39, 0.29) is 28.6 Å². The van der Waals surface area contributed by atoms with Gasteiger partial charge in [-0.25, -0.2) is 8.42 Å². The monoisotopic (exact) mass is 759 g/mol. The third kappa shape index (κ3) is 6.45. The van der Waals surface area contributed by atoms with Crippen LogP contribution in [-0.2, 0) is 20.2 Å². The molecule has 0 N–H and O–H groups in total. The molecule has 0 heterocycles. The van der Waals surface area contributed by atoms with Crippen LogP contribution >= 0.6 is 0 Å². The summed E-state index contributed by atoms with van der Waals surface area (Å²) in [5.74, 6) is 5.21. The van der Waals surface area contributed by atoms with Crippen LogP contribution in [0.4, 0.5) is 0 Å². The Morgan fingerprint density at radius 1 is 0.491 bits per heavy atom. The van der Waals surface area contributed by atoms with E-state index in [9.17, 15) is 13.0 Å². The van der Waals surface area contributed by atoms with Crippen molar-refractivity contribution in [3.63, 3.8) is 0 Å². The molecule has 53 heavy (non-hydrogen) atoms. The van der Waals surface area contributed by atoms with Crippen LogP contribution in [-0.4, -0.2) is 21.4 Å². The van der Waals surface area contributed by atoms with Gasteiger partial charge in [0.25, 0.3) is 0 Å². The molecule has 0 aromatic heterocycles. The normalized spacial score (nSPS) is 35.8. The number of fused-ring (bicyclic) bond motifs is 6. The second kappa shape index (κ2) is 13.6. The molecule has 288 valence electrons. The van der Waals surface area contributed by atoms with Crippen molar-refractivity contribution in [2.24, 2.45) is 35.5 Å². The summed E-state index contributed by atoms with van der Waals surface area (Å²) in [6.07, 6.45) is 24.2. The molecule has 8 aliphatic carbocycles. The Hall–Kier alpha value is -1.90. The first kappa shape index (κ1) is 35.5. The summed E-state index contributed by atoms with van der Waals surface area (Å²) in [5.41, 5.74) is 4.77. The fourth-order valence-corrected chi connectivity index (χ4v) is 16.2. The Morgan fingerprint density at radius 3 is 1.30 bits per heavy atom. The average Bonchev–Trinajstić information content (AvgIpc) is 4.04. The van der Waals surface area contributed by atoms with Crippen molar-refractivity contribution in [2.45, 2.75) is 181 Å². The predicted octanol–water partition coefficient (Wildman–Crippen LogP) is 11.2. The maximum absolute atomic E-state index is 15.7. The van der Waals surface area contributed by atoms with Crippen LogP contribution in [0.15, 0.2) is 34.1 Å². The van der Waals surface area contributed by atoms with E-state index in [1.165, 1.54) is 81.9 Å². The summed E-state index contributed by atoms with van der Waals surface area (Å²) in [4.78, 5) is 0.244. The molecule has 9 atom stereocenters. The van der Waals surface area contributed by atoms with Gasteiger partial charge in [0.1, 0.15) is 20.8 Å². The second-order valence-corrected chi connectivity index (χ2v) is 22.3. The summed E-state index contributed by atoms with van der Waals surface area (Å²) < 4.78 is 76.2. The molecule has 6 bridgehead atoms. The van der Waals surface area contributed by atoms with E-state index in [4.69, 9.17) is 4.18 Å². The van der Waals surface area contributed by atoms with Gasteiger partial charge in [-0.3, -0.25) is 0 Å². The summed E-state index contributed by atoms with van der Waals surface area (Å²) >= 11 is 0. The van der Waals surface area contributed by atoms with Crippen LogP contribution in [0.3, 0.4) is 0 Å². The van der Waals surface area contributed by atoms with Crippen LogP contribution in [0.2, 0.25) is 0 Å². The zero-order valence-corrected chi connectivity index (χ0v) is 33.1. The minimum atomic E-state index is -4.76. The molecule has 10 rings (SSSR count). The van der Waals surface area contributed by atoms with Gasteiger partial charge in [-0.2, -0.15) is 8.42 Å². The zero-order chi connectivity index (χ0) is 36.1. The summed E-state index contributed by atoms with van der Waals surface area (Å²) in [6.45, 7) is 0. The molecule has 9 unspecified atom stereocenters. The van der Waals surface area contributed by atoms with Gasteiger partial charge in [0, 0.05) is 11.1 Å². The highest BCUT2D eigenvalue weighted by Crippen LogP contribution is 2.60. The number of hydrogen-bond donors (Lipinski definition) is 0. The maximum atomic E-state index is 15.7. The topological polar surface area (TPSA) is 101 Å². The Balaban J connectivity index is 1.16. The van der Waals surface area contributed by atoms with Crippen molar-refractivity contribution in [1.29, 1.82) is 0 Å². The van der Waals surface area contributed by atoms with Gasteiger partial charge in [0.05, 0.1) is 4.90 Å². The highest BCUT2D eigenvalue weighted by Gasteiger charge is 2.48. The molecule has 8 heteroatoms. The van der Waals surface area contributed by atoms with Crippen LogP contribution in [0.25, 0.3) is 0 Å². The van der Waals surface area contributed by atoms with E-state index < -0.39 is 20.2 Å². The molecule has 0 saturated heterocycles. The van der Waals surface area contributed by atoms with Crippen molar-refractivity contribution in [3.05, 3.63) is 52.1 Å². The van der Waals surface area contributed by atoms with Crippen LogP contribution in [0.1, 0.15) is 199 Å². The molecule has 6 nitrogen and oxygen atoms in total. The highest BCUT2D eigenvalue weighted by atomic mass is 32.2. The lowest BCUT2D eigenvalue weighted by Gasteiger charge is -2.33. The maximum Gasteiger partial charge on any atom is 0.339 e. The van der Waals surface area contributed by atoms with Gasteiger partial charge in [-0.05, 0) is 177 Å². The van der Waals surface area contributed by atoms with Crippen LogP contribution in [0.5, 0.6) is 5.75 Å². The third-order valence-electron chi connectivity index (χ3n) is 16.6. The Labute approximate surface area is 318 Å². The Kier molecular flexibility index (Phi) is 9.14. The van der Waals surface area contributed by atoms with Crippen molar-refractivity contribution in [3.8, 4) is 5.75 Å². The standard InChI is InChI=1S/C45H60O6S2/c46-52(47,48)36-25-40(30-7-3-1-4-8-30)44(41(26-36)31-9-5-2-6-10-31)51-53(49,50)45-42(38-21-28-12-15-33(38)18-28)23-35(37-20-27-11-14-32(37)17-27)24-43(45)39-22-29-13-16-34(39)19-29/h23-34,37-39H,1-22H2,(H,46,47,48)/p-1. The second-order valence-electron chi connectivity index (χ2n) is 19.5. The SMILES string of the molecule is O=S(=O)([O-])c1cc(C2CCCCC2)c(OS(=O)(=O)c2c(C3CC4CCC3C4)cc(C3CC4CCC3C4)cc2C2CC3CCC2C3)c(C2CCCCC2)c1. The minimum Gasteiger partial charge on any atom is -0.744 e. The molecule has 0 spiro atoms. The summed E-state index contributed by atoms with van der Waals surface area (Å²) in [7, 11) is -9.09. The molecule has 8 aliphatic rings. The fourth-order valence-electron chi connectivity index (χ4n) is 14.1. The first-order valence-corrected chi connectivity index (χ1v) is 24.7. The van der Waals surface area contributed by atoms with Crippen molar-refractivity contribution >= 4 is 20.2 Å². The van der Waals surface area contributed by atoms with E-state index in [0.29, 0.717) is 57.3 Å². The van der Waals surface area contributed by atoms with E-state index in [1.54, 1.807) is 0 Å². The zero-order valence-electron chi connectivity index (χ0n) is 31.5. The number of hydrogen-bond acceptors (Lipinski definition) is 6. The molecule has 0 radical (unpaired) electrons. The first-order chi connectivity index (χ1) is 25.6. The number of rotatable bonds is 9. The molecule has 0 amide bonds. The number of benzene rings is 2. The largest absolute Gasteiger partial charge is 0.744 e. The quantitative estimate of drug-likeness (QED) is 0.186. The van der Waals surface area contributed by atoms with Gasteiger partial charge >= 0.3 is 10.1 Å². The van der Waals surface area contributed by atoms with Crippen LogP contribution in [0, 0.1) is 35.5 Å². The lowest BCUT2D eigenvalue weighted by atomic mass is 9.75. The smallest absolute Gasteiger partial charge is 0.339 e. The lowest BCUT2D eigenvalue weighted by molar-refractivity contribution is 0.389. The van der Waals surface area contributed by atoms with E-state index in [1.807, 2.05) is 0 Å². The highest BCUT2D eigenvalue weighted by molar-refractivity contribution is 7.87. The van der Waals surface area contributed by atoms with Crippen LogP contribution < -0.4 is 4.18 Å². The fraction of sp³-hybridized carbons (Fsp3) is 0.733. The van der Waals surface area contributed by atoms with Crippen molar-refractivity contribution in [1.82, 2.24) is 0 Å². The summed E-state index contributed by atoms with van der Waals surface area (Å²) in [5, 5.41) is 0. The molecular weight excluding hydrogens is 701 g/mol. The van der Waals surface area contributed by atoms with Gasteiger partial charge < -0.3 is 8.74 Å². The lowest BCUT2D eigenvalue weighted by Crippen LogP contribution is -2.24. The van der Waals surface area contributed by atoms with Crippen molar-refractivity contribution < 1.29 is 25.6 Å². The predicted molar refractivity (Wildman–Crippen MR) is 205 cm³/mol. The molecule has 8 fully saturated rings. The van der Waals surface area contributed by atoms with Crippen molar-refractivity contribution in [2.75, 3.05) is 0 Å². The first-order valence-electron chi connectivity index (χ1n) is 21.8. The molecule has 8 saturated carbocycles. The van der Waals surface area contributed by atoms with E-state index >= 15 is 8.42 Å². The average molecular weight is 760 g/mol. The molecular formula is C45H59O6S2-. The minimum absolute atomic E-state index is 0.0340. The third-order valence-corrected chi connectivity index (χ3v) is 18.7. The Bertz CT molecular complexity index is 1870. The Morgan fingerprint density at radius 2 is 0.925 bits per heavy atom. The van der Waals surface area contributed by atoms with E-state index in [0.717, 1.165) is 94.1 Å². The van der Waals surface area contributed by atoms with Gasteiger partial charge in [0.2, 0.25) is 0 Å².